The number of esters is 3. The second-order valence-electron chi connectivity index (χ2n) is 23.3. The Bertz CT molecular complexity index is 2030. The molecule has 2 fully saturated rings. The molecule has 69 heavy (non-hydrogen) atoms. The first-order valence-corrected chi connectivity index (χ1v) is 27.4. The van der Waals surface area contributed by atoms with E-state index in [9.17, 15) is 29.1 Å². The molecule has 384 valence electrons. The van der Waals surface area contributed by atoms with Crippen LogP contribution in [0.25, 0.3) is 11.1 Å². The molecule has 2 saturated heterocycles. The van der Waals surface area contributed by atoms with Crippen molar-refractivity contribution in [2.24, 2.45) is 0 Å². The Kier molecular flexibility index (Phi) is 18.0. The van der Waals surface area contributed by atoms with Crippen molar-refractivity contribution in [3.8, 4) is 11.1 Å². The highest BCUT2D eigenvalue weighted by atomic mass is 28.4. The number of hydrogen-bond donors (Lipinski definition) is 1. The van der Waals surface area contributed by atoms with E-state index in [4.69, 9.17) is 23.4 Å². The van der Waals surface area contributed by atoms with E-state index in [-0.39, 0.29) is 56.8 Å². The highest BCUT2D eigenvalue weighted by molar-refractivity contribution is 6.74. The fourth-order valence-corrected chi connectivity index (χ4v) is 10.4. The number of likely N-dealkylation sites (tertiary alicyclic amines) is 1. The number of ether oxygens (including phenoxy) is 4. The van der Waals surface area contributed by atoms with Crippen LogP contribution in [0.2, 0.25) is 18.1 Å². The first-order chi connectivity index (χ1) is 31.9. The third kappa shape index (κ3) is 15.8. The molecule has 2 aliphatic heterocycles. The van der Waals surface area contributed by atoms with Crippen LogP contribution in [0.3, 0.4) is 0 Å². The number of rotatable bonds is 12. The van der Waals surface area contributed by atoms with Gasteiger partial charge in [-0.3, -0.25) is 38.9 Å². The molecule has 16 nitrogen and oxygen atoms in total. The number of hydrogen-bond acceptors (Lipinski definition) is 14. The number of carbonyl (C=O) groups is 5. The molecule has 0 saturated carbocycles. The van der Waals surface area contributed by atoms with E-state index in [2.05, 4.69) is 50.9 Å². The number of fused-ring (bicyclic) bond motifs is 3. The van der Waals surface area contributed by atoms with E-state index in [1.54, 1.807) is 0 Å². The second kappa shape index (κ2) is 22.4. The number of benzene rings is 2. The summed E-state index contributed by atoms with van der Waals surface area (Å²) < 4.78 is 30.6. The zero-order valence-electron chi connectivity index (χ0n) is 43.9. The normalized spacial score (nSPS) is 21.1. The highest BCUT2D eigenvalue weighted by Crippen LogP contribution is 2.45. The van der Waals surface area contributed by atoms with Crippen molar-refractivity contribution in [1.82, 2.24) is 24.5 Å². The summed E-state index contributed by atoms with van der Waals surface area (Å²) in [6.07, 6.45) is -1.48. The Morgan fingerprint density at radius 2 is 0.971 bits per heavy atom. The summed E-state index contributed by atoms with van der Waals surface area (Å²) in [7, 11) is -2.62. The van der Waals surface area contributed by atoms with Gasteiger partial charge >= 0.3 is 30.0 Å². The van der Waals surface area contributed by atoms with Gasteiger partial charge in [-0.1, -0.05) is 69.3 Å². The van der Waals surface area contributed by atoms with Crippen LogP contribution in [0.1, 0.15) is 100 Å². The molecule has 3 aliphatic rings. The third-order valence-electron chi connectivity index (χ3n) is 13.1. The fourth-order valence-electron chi connectivity index (χ4n) is 9.04. The largest absolute Gasteiger partial charge is 0.480 e. The van der Waals surface area contributed by atoms with E-state index in [0.29, 0.717) is 39.3 Å². The van der Waals surface area contributed by atoms with E-state index in [1.165, 1.54) is 4.90 Å². The number of nitrogens with zero attached hydrogens (tertiary/aromatic N) is 5. The summed E-state index contributed by atoms with van der Waals surface area (Å²) >= 11 is 0. The molecule has 2 aromatic rings. The van der Waals surface area contributed by atoms with Gasteiger partial charge in [-0.05, 0) is 103 Å². The number of carboxylic acids is 1. The zero-order chi connectivity index (χ0) is 51.3. The van der Waals surface area contributed by atoms with Crippen molar-refractivity contribution >= 4 is 38.3 Å². The Morgan fingerprint density at radius 3 is 1.33 bits per heavy atom. The number of carboxylic acid groups (broad SMARTS) is 1. The maximum absolute atomic E-state index is 14.6. The molecule has 3 atom stereocenters. The molecule has 2 aromatic carbocycles. The molecule has 0 spiro atoms. The Balaban J connectivity index is 1.52. The standard InChI is InChI=1S/C52H81N5O11Si/c1-49(2,3)65-42(58)32-53-23-25-54(33-43(59)66-50(4,5)6)27-29-56(30-28-55(26-24-53)34-44(60)67-51(7,8)9)45-41(68-69(13,14)52(10,11)12)31-57(46(45)47(61)62)48(63)64-35-40-38-21-17-15-19-36(38)37-20-16-18-22-39(37)40/h15-22,40-41,45-46H,23-35H2,1-14H3,(H,61,62)/t41-,45+,46-/m0/s1. The Hall–Kier alpha value is -4.39. The lowest BCUT2D eigenvalue weighted by Crippen LogP contribution is -2.59. The lowest BCUT2D eigenvalue weighted by atomic mass is 9.98. The molecule has 1 aliphatic carbocycles. The van der Waals surface area contributed by atoms with Crippen molar-refractivity contribution in [2.45, 2.75) is 142 Å². The lowest BCUT2D eigenvalue weighted by Gasteiger charge is -2.43. The molecule has 1 N–H and O–H groups in total. The minimum absolute atomic E-state index is 0.00944. The highest BCUT2D eigenvalue weighted by Gasteiger charge is 2.54. The summed E-state index contributed by atoms with van der Waals surface area (Å²) in [6, 6.07) is 13.9. The van der Waals surface area contributed by atoms with Crippen LogP contribution in [0, 0.1) is 0 Å². The van der Waals surface area contributed by atoms with Crippen molar-refractivity contribution in [1.29, 1.82) is 0 Å². The summed E-state index contributed by atoms with van der Waals surface area (Å²) in [5.74, 6) is -2.67. The summed E-state index contributed by atoms with van der Waals surface area (Å²) in [6.45, 7) is 29.3. The average molecular weight is 980 g/mol. The molecule has 0 bridgehead atoms. The Labute approximate surface area is 412 Å². The molecule has 2 heterocycles. The lowest BCUT2D eigenvalue weighted by molar-refractivity contribution is -0.158. The van der Waals surface area contributed by atoms with Gasteiger partial charge in [0, 0.05) is 58.3 Å². The van der Waals surface area contributed by atoms with Crippen molar-refractivity contribution < 1.29 is 52.5 Å². The van der Waals surface area contributed by atoms with Crippen molar-refractivity contribution in [2.75, 3.05) is 85.1 Å². The SMILES string of the molecule is CC(C)(C)OC(=O)CN1CCN(CC(=O)OC(C)(C)C)CCN([C@@H]2[C@@H](O[Si](C)(C)C(C)(C)C)CN(C(=O)OCC3c4ccccc4-c4ccccc43)[C@@H]2C(=O)O)CCN(CC(=O)OC(C)(C)C)CC1. The van der Waals surface area contributed by atoms with Gasteiger partial charge in [-0.25, -0.2) is 9.59 Å². The van der Waals surface area contributed by atoms with Gasteiger partial charge in [0.1, 0.15) is 23.4 Å². The zero-order valence-corrected chi connectivity index (χ0v) is 44.9. The smallest absolute Gasteiger partial charge is 0.410 e. The molecule has 0 unspecified atom stereocenters. The minimum Gasteiger partial charge on any atom is -0.480 e. The topological polar surface area (TPSA) is 168 Å². The molecule has 17 heteroatoms. The Morgan fingerprint density at radius 1 is 0.594 bits per heavy atom. The van der Waals surface area contributed by atoms with Crippen molar-refractivity contribution in [3.63, 3.8) is 0 Å². The molecular weight excluding hydrogens is 899 g/mol. The van der Waals surface area contributed by atoms with Crippen LogP contribution in [0.5, 0.6) is 0 Å². The van der Waals surface area contributed by atoms with Crippen LogP contribution in [-0.4, -0.2) is 188 Å². The monoisotopic (exact) mass is 980 g/mol. The number of amides is 1. The van der Waals surface area contributed by atoms with Gasteiger partial charge in [-0.2, -0.15) is 0 Å². The molecule has 0 aromatic heterocycles. The van der Waals surface area contributed by atoms with Crippen LogP contribution in [-0.2, 0) is 42.6 Å². The van der Waals surface area contributed by atoms with Crippen LogP contribution < -0.4 is 0 Å². The first-order valence-electron chi connectivity index (χ1n) is 24.5. The van der Waals surface area contributed by atoms with Gasteiger partial charge < -0.3 is 28.5 Å². The summed E-state index contributed by atoms with van der Waals surface area (Å²) in [5.41, 5.74) is 2.08. The second-order valence-corrected chi connectivity index (χ2v) is 28.0. The van der Waals surface area contributed by atoms with E-state index in [1.807, 2.05) is 113 Å². The fraction of sp³-hybridized carbons (Fsp3) is 0.673. The summed E-state index contributed by atoms with van der Waals surface area (Å²) in [5, 5.41) is 11.0. The van der Waals surface area contributed by atoms with Crippen LogP contribution >= 0.6 is 0 Å². The summed E-state index contributed by atoms with van der Waals surface area (Å²) in [4.78, 5) is 77.9. The third-order valence-corrected chi connectivity index (χ3v) is 17.6. The maximum Gasteiger partial charge on any atom is 0.410 e. The van der Waals surface area contributed by atoms with Gasteiger partial charge in [0.05, 0.1) is 38.3 Å². The minimum atomic E-state index is -2.62. The molecule has 0 radical (unpaired) electrons. The van der Waals surface area contributed by atoms with Crippen LogP contribution in [0.15, 0.2) is 48.5 Å². The predicted octanol–water partition coefficient (Wildman–Crippen LogP) is 6.71. The molecule has 1 amide bonds. The van der Waals surface area contributed by atoms with E-state index < -0.39 is 73.3 Å². The quantitative estimate of drug-likeness (QED) is 0.135. The van der Waals surface area contributed by atoms with E-state index >= 15 is 0 Å². The van der Waals surface area contributed by atoms with E-state index in [0.717, 1.165) is 22.3 Å². The van der Waals surface area contributed by atoms with Gasteiger partial charge in [0.15, 0.2) is 14.4 Å². The first kappa shape index (κ1) is 55.5. The maximum atomic E-state index is 14.6. The van der Waals surface area contributed by atoms with Crippen LogP contribution in [0.4, 0.5) is 4.79 Å². The molecule has 5 rings (SSSR count). The molecular formula is C52H81N5O11Si. The predicted molar refractivity (Wildman–Crippen MR) is 267 cm³/mol. The van der Waals surface area contributed by atoms with Gasteiger partial charge in [0.2, 0.25) is 0 Å². The van der Waals surface area contributed by atoms with Crippen molar-refractivity contribution in [3.05, 3.63) is 59.7 Å². The van der Waals surface area contributed by atoms with Gasteiger partial charge in [-0.15, -0.1) is 0 Å². The number of aliphatic carboxylic acids is 1. The van der Waals surface area contributed by atoms with Gasteiger partial charge in [0.25, 0.3) is 0 Å². The average Bonchev–Trinajstić information content (AvgIpc) is 3.73. The number of carbonyl (C=O) groups excluding carboxylic acids is 4.